The number of esters is 1. The molecule has 19 heteroatoms. The average Bonchev–Trinajstić information content (AvgIpc) is 3.83. The molecule has 2 aromatic heterocycles. The summed E-state index contributed by atoms with van der Waals surface area (Å²) >= 11 is 0. The fourth-order valence-electron chi connectivity index (χ4n) is 7.55. The zero-order valence-corrected chi connectivity index (χ0v) is 34.8. The van der Waals surface area contributed by atoms with Crippen molar-refractivity contribution in [2.75, 3.05) is 45.6 Å². The van der Waals surface area contributed by atoms with E-state index in [2.05, 4.69) is 9.97 Å². The highest BCUT2D eigenvalue weighted by Gasteiger charge is 2.46. The molecule has 61 heavy (non-hydrogen) atoms. The zero-order chi connectivity index (χ0) is 43.3. The number of benzene rings is 3. The molecule has 0 spiro atoms. The molecule has 2 aliphatic rings. The Morgan fingerprint density at radius 2 is 1.21 bits per heavy atom. The first-order chi connectivity index (χ1) is 29.3. The number of carbonyl (C=O) groups excluding carboxylic acids is 1. The maximum Gasteiger partial charge on any atom is 0.351 e. The SMILES string of the molecule is COc1ccc(C(OC[C@H]2O[C@@H](n3ccc(N)nc3=O)C[C@@H]2OP(C)(=O)OC[C@H]2O[C@@H](n3ccc(N)nc3=O)C[C@@H]2OC(C)=O)(c2ccccc2)c2ccc(OC)cc2)cc1. The van der Waals surface area contributed by atoms with E-state index in [0.717, 1.165) is 16.7 Å². The lowest BCUT2D eigenvalue weighted by molar-refractivity contribution is -0.150. The lowest BCUT2D eigenvalue weighted by Crippen LogP contribution is -2.38. The van der Waals surface area contributed by atoms with Crippen molar-refractivity contribution in [1.29, 1.82) is 0 Å². The monoisotopic (exact) mass is 858 g/mol. The summed E-state index contributed by atoms with van der Waals surface area (Å²) in [5, 5.41) is 0. The van der Waals surface area contributed by atoms with E-state index in [1.54, 1.807) is 14.2 Å². The summed E-state index contributed by atoms with van der Waals surface area (Å²) in [5.74, 6) is 0.771. The normalized spacial score (nSPS) is 22.4. The minimum atomic E-state index is -4.00. The van der Waals surface area contributed by atoms with Crippen molar-refractivity contribution in [2.24, 2.45) is 0 Å². The second-order valence-electron chi connectivity index (χ2n) is 14.5. The van der Waals surface area contributed by atoms with Gasteiger partial charge in [-0.25, -0.2) is 9.59 Å². The Bertz CT molecular complexity index is 2420. The molecule has 4 heterocycles. The molecule has 0 bridgehead atoms. The van der Waals surface area contributed by atoms with E-state index in [0.29, 0.717) is 11.5 Å². The smallest absolute Gasteiger partial charge is 0.351 e. The van der Waals surface area contributed by atoms with Crippen LogP contribution in [0.2, 0.25) is 0 Å². The summed E-state index contributed by atoms with van der Waals surface area (Å²) in [4.78, 5) is 45.3. The van der Waals surface area contributed by atoms with Crippen LogP contribution in [-0.2, 0) is 43.0 Å². The van der Waals surface area contributed by atoms with Gasteiger partial charge in [-0.2, -0.15) is 9.97 Å². The number of nitrogen functional groups attached to an aromatic ring is 2. The molecule has 2 saturated heterocycles. The number of methoxy groups -OCH3 is 2. The van der Waals surface area contributed by atoms with Crippen LogP contribution in [0.3, 0.4) is 0 Å². The van der Waals surface area contributed by atoms with Crippen molar-refractivity contribution in [1.82, 2.24) is 19.1 Å². The van der Waals surface area contributed by atoms with Crippen molar-refractivity contribution in [3.8, 4) is 11.5 Å². The zero-order valence-electron chi connectivity index (χ0n) is 33.9. The molecule has 2 fully saturated rings. The molecule has 2 aliphatic heterocycles. The van der Waals surface area contributed by atoms with Gasteiger partial charge in [0.15, 0.2) is 0 Å². The van der Waals surface area contributed by atoms with E-state index >= 15 is 0 Å². The van der Waals surface area contributed by atoms with E-state index in [9.17, 15) is 18.9 Å². The van der Waals surface area contributed by atoms with Crippen LogP contribution in [-0.4, -0.2) is 83.6 Å². The third kappa shape index (κ3) is 9.70. The molecule has 0 radical (unpaired) electrons. The number of nitrogens with two attached hydrogens (primary N) is 2. The highest BCUT2D eigenvalue weighted by Crippen LogP contribution is 2.50. The van der Waals surface area contributed by atoms with Crippen LogP contribution in [0.5, 0.6) is 11.5 Å². The molecule has 322 valence electrons. The minimum absolute atomic E-state index is 0.0333. The summed E-state index contributed by atoms with van der Waals surface area (Å²) in [5.41, 5.74) is 11.2. The Balaban J connectivity index is 1.18. The number of hydrogen-bond acceptors (Lipinski definition) is 16. The lowest BCUT2D eigenvalue weighted by atomic mass is 9.80. The van der Waals surface area contributed by atoms with Crippen LogP contribution in [0.1, 0.15) is 48.9 Å². The first-order valence-corrected chi connectivity index (χ1v) is 21.3. The van der Waals surface area contributed by atoms with E-state index in [1.807, 2.05) is 78.9 Å². The fourth-order valence-corrected chi connectivity index (χ4v) is 8.74. The molecule has 0 aliphatic carbocycles. The molecule has 1 unspecified atom stereocenters. The Hall–Kier alpha value is -5.88. The Labute approximate surface area is 350 Å². The molecule has 4 N–H and O–H groups in total. The molecule has 5 aromatic rings. The van der Waals surface area contributed by atoms with Crippen molar-refractivity contribution >= 4 is 25.2 Å². The number of hydrogen-bond donors (Lipinski definition) is 2. The number of anilines is 2. The van der Waals surface area contributed by atoms with Crippen LogP contribution in [0, 0.1) is 0 Å². The topological polar surface area (TPSA) is 230 Å². The van der Waals surface area contributed by atoms with Gasteiger partial charge in [0, 0.05) is 38.8 Å². The van der Waals surface area contributed by atoms with Gasteiger partial charge < -0.3 is 48.9 Å². The molecular weight excluding hydrogens is 811 g/mol. The molecule has 7 atom stereocenters. The largest absolute Gasteiger partial charge is 0.497 e. The summed E-state index contributed by atoms with van der Waals surface area (Å²) < 4.78 is 65.2. The molecule has 0 amide bonds. The maximum absolute atomic E-state index is 14.3. The second-order valence-corrected chi connectivity index (χ2v) is 16.5. The van der Waals surface area contributed by atoms with Gasteiger partial charge in [-0.1, -0.05) is 54.6 Å². The van der Waals surface area contributed by atoms with Gasteiger partial charge in [0.2, 0.25) is 0 Å². The number of ether oxygens (including phenoxy) is 6. The summed E-state index contributed by atoms with van der Waals surface area (Å²) in [6, 6.07) is 27.5. The Kier molecular flexibility index (Phi) is 13.0. The van der Waals surface area contributed by atoms with E-state index < -0.39 is 67.4 Å². The second kappa shape index (κ2) is 18.4. The molecule has 0 saturated carbocycles. The fraction of sp³-hybridized carbons (Fsp3) is 0.357. The number of rotatable bonds is 16. The van der Waals surface area contributed by atoms with E-state index in [1.165, 1.54) is 47.2 Å². The van der Waals surface area contributed by atoms with Crippen molar-refractivity contribution in [3.05, 3.63) is 141 Å². The van der Waals surface area contributed by atoms with Gasteiger partial charge in [-0.3, -0.25) is 18.5 Å². The first-order valence-electron chi connectivity index (χ1n) is 19.3. The maximum atomic E-state index is 14.3. The van der Waals surface area contributed by atoms with Gasteiger partial charge in [-0.05, 0) is 53.1 Å². The van der Waals surface area contributed by atoms with Crippen LogP contribution < -0.4 is 32.3 Å². The summed E-state index contributed by atoms with van der Waals surface area (Å²) in [6.07, 6.45) is -2.50. The van der Waals surface area contributed by atoms with Crippen LogP contribution in [0.25, 0.3) is 0 Å². The number of carbonyl (C=O) groups is 1. The molecular formula is C42H47N6O12P. The quantitative estimate of drug-likeness (QED) is 0.0795. The van der Waals surface area contributed by atoms with Gasteiger partial charge >= 0.3 is 24.9 Å². The van der Waals surface area contributed by atoms with Crippen molar-refractivity contribution in [3.63, 3.8) is 0 Å². The standard InChI is InChI=1S/C42H47N6O12P/c1-26(49)57-32-22-38(47-20-18-36(43)45-40(47)50)59-35(32)25-56-61(4,52)60-33-23-39(48-21-19-37(44)46-41(48)51)58-34(33)24-55-42(27-8-6-5-7-9-27,28-10-14-30(53-2)15-11-28)29-12-16-31(54-3)17-13-29/h5-21,32-35,38-39H,22-25H2,1-4H3,(H2,43,45,50)(H2,44,46,51)/t32-,33-,34+,35+,38+,39+,61?/m0/s1. The van der Waals surface area contributed by atoms with E-state index in [4.69, 9.17) is 48.9 Å². The number of aromatic nitrogens is 4. The van der Waals surface area contributed by atoms with Gasteiger partial charge in [0.05, 0.1) is 33.5 Å². The van der Waals surface area contributed by atoms with Crippen LogP contribution in [0.4, 0.5) is 11.6 Å². The average molecular weight is 859 g/mol. The Morgan fingerprint density at radius 1 is 0.738 bits per heavy atom. The van der Waals surface area contributed by atoms with Crippen LogP contribution in [0.15, 0.2) is 113 Å². The van der Waals surface area contributed by atoms with Gasteiger partial charge in [-0.15, -0.1) is 0 Å². The third-order valence-corrected chi connectivity index (χ3v) is 11.7. The molecule has 3 aromatic carbocycles. The van der Waals surface area contributed by atoms with Gasteiger partial charge in [0.25, 0.3) is 0 Å². The molecule has 7 rings (SSSR count). The van der Waals surface area contributed by atoms with Gasteiger partial charge in [0.1, 0.15) is 59.5 Å². The predicted octanol–water partition coefficient (Wildman–Crippen LogP) is 4.42. The highest BCUT2D eigenvalue weighted by atomic mass is 31.2. The molecule has 18 nitrogen and oxygen atoms in total. The van der Waals surface area contributed by atoms with Crippen molar-refractivity contribution in [2.45, 2.75) is 62.2 Å². The first kappa shape index (κ1) is 43.2. The Morgan fingerprint density at radius 3 is 1.69 bits per heavy atom. The lowest BCUT2D eigenvalue weighted by Gasteiger charge is -2.37. The van der Waals surface area contributed by atoms with E-state index in [-0.39, 0.29) is 37.7 Å². The summed E-state index contributed by atoms with van der Waals surface area (Å²) in [6.45, 7) is 2.05. The summed E-state index contributed by atoms with van der Waals surface area (Å²) in [7, 11) is -0.826. The third-order valence-electron chi connectivity index (χ3n) is 10.4. The van der Waals surface area contributed by atoms with Crippen LogP contribution >= 0.6 is 7.60 Å². The number of nitrogens with zero attached hydrogens (tertiary/aromatic N) is 4. The predicted molar refractivity (Wildman–Crippen MR) is 221 cm³/mol. The highest BCUT2D eigenvalue weighted by molar-refractivity contribution is 7.53. The minimum Gasteiger partial charge on any atom is -0.497 e. The van der Waals surface area contributed by atoms with Crippen molar-refractivity contribution < 1.29 is 46.8 Å².